The van der Waals surface area contributed by atoms with Gasteiger partial charge >= 0.3 is 0 Å². The van der Waals surface area contributed by atoms with E-state index in [0.717, 1.165) is 23.6 Å². The summed E-state index contributed by atoms with van der Waals surface area (Å²) in [7, 11) is 0. The molecule has 0 bridgehead atoms. The molecular weight excluding hydrogens is 230 g/mol. The van der Waals surface area contributed by atoms with Crippen molar-refractivity contribution in [3.63, 3.8) is 0 Å². The first kappa shape index (κ1) is 11.3. The van der Waals surface area contributed by atoms with Gasteiger partial charge in [-0.3, -0.25) is 0 Å². The highest BCUT2D eigenvalue weighted by atomic mass is 16.3. The number of aromatic nitrogens is 5. The molecule has 0 aromatic carbocycles. The van der Waals surface area contributed by atoms with Crippen molar-refractivity contribution in [1.82, 2.24) is 25.0 Å². The van der Waals surface area contributed by atoms with Crippen LogP contribution in [-0.2, 0) is 0 Å². The molecule has 2 atom stereocenters. The Morgan fingerprint density at radius 1 is 1.44 bits per heavy atom. The molecule has 0 radical (unpaired) electrons. The first-order valence-corrected chi connectivity index (χ1v) is 6.03. The zero-order valence-corrected chi connectivity index (χ0v) is 10.4. The molecule has 1 aliphatic carbocycles. The molecule has 0 aliphatic heterocycles. The van der Waals surface area contributed by atoms with Crippen molar-refractivity contribution in [2.45, 2.75) is 26.2 Å². The van der Waals surface area contributed by atoms with Crippen LogP contribution in [0.5, 0.6) is 0 Å². The fourth-order valence-corrected chi connectivity index (χ4v) is 2.27. The summed E-state index contributed by atoms with van der Waals surface area (Å²) >= 11 is 0. The molecule has 1 aliphatic rings. The quantitative estimate of drug-likeness (QED) is 0.864. The van der Waals surface area contributed by atoms with Crippen molar-refractivity contribution in [2.24, 2.45) is 5.92 Å². The lowest BCUT2D eigenvalue weighted by molar-refractivity contribution is 0.274. The Hall–Kier alpha value is -1.82. The SMILES string of the molecule is Cc1nc(C)n(-c2cc(C3C[C@@H]3CO)cnn2)n1. The van der Waals surface area contributed by atoms with Crippen molar-refractivity contribution in [3.05, 3.63) is 29.5 Å². The van der Waals surface area contributed by atoms with E-state index in [2.05, 4.69) is 20.3 Å². The molecular formula is C12H15N5O. The molecule has 1 unspecified atom stereocenters. The summed E-state index contributed by atoms with van der Waals surface area (Å²) in [5.41, 5.74) is 1.12. The fourth-order valence-electron chi connectivity index (χ4n) is 2.27. The van der Waals surface area contributed by atoms with Gasteiger partial charge in [0.15, 0.2) is 5.82 Å². The third kappa shape index (κ3) is 1.88. The van der Waals surface area contributed by atoms with Gasteiger partial charge in [0.2, 0.25) is 0 Å². The zero-order valence-electron chi connectivity index (χ0n) is 10.4. The van der Waals surface area contributed by atoms with E-state index in [1.54, 1.807) is 10.9 Å². The topological polar surface area (TPSA) is 76.7 Å². The second-order valence-corrected chi connectivity index (χ2v) is 4.75. The van der Waals surface area contributed by atoms with Crippen LogP contribution in [0.2, 0.25) is 0 Å². The molecule has 94 valence electrons. The first-order valence-electron chi connectivity index (χ1n) is 6.03. The van der Waals surface area contributed by atoms with Crippen LogP contribution < -0.4 is 0 Å². The van der Waals surface area contributed by atoms with Gasteiger partial charge in [0.25, 0.3) is 0 Å². The van der Waals surface area contributed by atoms with Gasteiger partial charge in [-0.1, -0.05) is 0 Å². The fraction of sp³-hybridized carbons (Fsp3) is 0.500. The summed E-state index contributed by atoms with van der Waals surface area (Å²) in [6, 6.07) is 1.98. The van der Waals surface area contributed by atoms with Gasteiger partial charge < -0.3 is 5.11 Å². The predicted molar refractivity (Wildman–Crippen MR) is 64.4 cm³/mol. The molecule has 6 heteroatoms. The van der Waals surface area contributed by atoms with E-state index in [-0.39, 0.29) is 6.61 Å². The van der Waals surface area contributed by atoms with Gasteiger partial charge in [-0.25, -0.2) is 4.98 Å². The highest BCUT2D eigenvalue weighted by molar-refractivity contribution is 5.31. The Balaban J connectivity index is 1.94. The number of hydrogen-bond donors (Lipinski definition) is 1. The smallest absolute Gasteiger partial charge is 0.178 e. The summed E-state index contributed by atoms with van der Waals surface area (Å²) in [4.78, 5) is 4.25. The monoisotopic (exact) mass is 245 g/mol. The van der Waals surface area contributed by atoms with E-state index in [4.69, 9.17) is 5.11 Å². The predicted octanol–water partition coefficient (Wildman–Crippen LogP) is 0.770. The molecule has 0 amide bonds. The van der Waals surface area contributed by atoms with Crippen LogP contribution >= 0.6 is 0 Å². The average molecular weight is 245 g/mol. The maximum absolute atomic E-state index is 9.11. The lowest BCUT2D eigenvalue weighted by Gasteiger charge is -2.03. The Kier molecular flexibility index (Phi) is 2.59. The van der Waals surface area contributed by atoms with Gasteiger partial charge in [0, 0.05) is 6.61 Å². The summed E-state index contributed by atoms with van der Waals surface area (Å²) in [5, 5.41) is 21.5. The highest BCUT2D eigenvalue weighted by Gasteiger charge is 2.38. The summed E-state index contributed by atoms with van der Waals surface area (Å²) in [6.45, 7) is 3.98. The van der Waals surface area contributed by atoms with Gasteiger partial charge in [0.1, 0.15) is 11.6 Å². The molecule has 1 fully saturated rings. The number of nitrogens with zero attached hydrogens (tertiary/aromatic N) is 5. The first-order chi connectivity index (χ1) is 8.69. The lowest BCUT2D eigenvalue weighted by atomic mass is 10.1. The van der Waals surface area contributed by atoms with Crippen molar-refractivity contribution in [1.29, 1.82) is 0 Å². The number of hydrogen-bond acceptors (Lipinski definition) is 5. The van der Waals surface area contributed by atoms with Crippen molar-refractivity contribution in [2.75, 3.05) is 6.61 Å². The van der Waals surface area contributed by atoms with E-state index in [1.165, 1.54) is 0 Å². The van der Waals surface area contributed by atoms with Crippen LogP contribution in [0.25, 0.3) is 5.82 Å². The number of aliphatic hydroxyl groups excluding tert-OH is 1. The molecule has 1 saturated carbocycles. The minimum Gasteiger partial charge on any atom is -0.396 e. The maximum Gasteiger partial charge on any atom is 0.178 e. The van der Waals surface area contributed by atoms with E-state index in [9.17, 15) is 0 Å². The molecule has 6 nitrogen and oxygen atoms in total. The average Bonchev–Trinajstić information content (AvgIpc) is 3.08. The molecule has 2 aromatic rings. The molecule has 2 aromatic heterocycles. The Morgan fingerprint density at radius 3 is 2.89 bits per heavy atom. The van der Waals surface area contributed by atoms with E-state index >= 15 is 0 Å². The summed E-state index contributed by atoms with van der Waals surface area (Å²) in [5.74, 6) is 3.00. The van der Waals surface area contributed by atoms with Crippen LogP contribution in [-0.4, -0.2) is 36.7 Å². The van der Waals surface area contributed by atoms with Crippen LogP contribution in [0.3, 0.4) is 0 Å². The van der Waals surface area contributed by atoms with Crippen molar-refractivity contribution >= 4 is 0 Å². The second kappa shape index (κ2) is 4.13. The molecule has 1 N–H and O–H groups in total. The molecule has 3 rings (SSSR count). The Morgan fingerprint density at radius 2 is 2.28 bits per heavy atom. The molecule has 2 heterocycles. The van der Waals surface area contributed by atoms with Crippen LogP contribution in [0.1, 0.15) is 29.6 Å². The van der Waals surface area contributed by atoms with E-state index < -0.39 is 0 Å². The van der Waals surface area contributed by atoms with Crippen LogP contribution in [0, 0.1) is 19.8 Å². The minimum absolute atomic E-state index is 0.240. The zero-order chi connectivity index (χ0) is 12.7. The molecule has 0 spiro atoms. The number of aryl methyl sites for hydroxylation is 2. The summed E-state index contributed by atoms with van der Waals surface area (Å²) in [6.07, 6.45) is 2.79. The summed E-state index contributed by atoms with van der Waals surface area (Å²) < 4.78 is 1.70. The standard InChI is InChI=1S/C12H15N5O/c1-7-14-8(2)17(16-7)12-4-9(5-13-15-12)11-3-10(11)6-18/h4-5,10-11,18H,3,6H2,1-2H3/t10-,11?/m1/s1. The van der Waals surface area contributed by atoms with E-state index in [1.807, 2.05) is 19.9 Å². The largest absolute Gasteiger partial charge is 0.396 e. The van der Waals surface area contributed by atoms with Crippen molar-refractivity contribution in [3.8, 4) is 5.82 Å². The Bertz CT molecular complexity index is 580. The molecule has 18 heavy (non-hydrogen) atoms. The van der Waals surface area contributed by atoms with Gasteiger partial charge in [-0.15, -0.1) is 10.2 Å². The number of rotatable bonds is 3. The van der Waals surface area contributed by atoms with Gasteiger partial charge in [-0.05, 0) is 43.7 Å². The normalized spacial score (nSPS) is 22.2. The van der Waals surface area contributed by atoms with E-state index in [0.29, 0.717) is 17.7 Å². The minimum atomic E-state index is 0.240. The van der Waals surface area contributed by atoms with Gasteiger partial charge in [-0.2, -0.15) is 9.78 Å². The van der Waals surface area contributed by atoms with Crippen LogP contribution in [0.15, 0.2) is 12.3 Å². The van der Waals surface area contributed by atoms with Crippen LogP contribution in [0.4, 0.5) is 0 Å². The molecule has 0 saturated heterocycles. The number of aliphatic hydroxyl groups is 1. The maximum atomic E-state index is 9.11. The Labute approximate surface area is 105 Å². The van der Waals surface area contributed by atoms with Crippen molar-refractivity contribution < 1.29 is 5.11 Å². The highest BCUT2D eigenvalue weighted by Crippen LogP contribution is 2.46. The second-order valence-electron chi connectivity index (χ2n) is 4.75. The van der Waals surface area contributed by atoms with Gasteiger partial charge in [0.05, 0.1) is 6.20 Å². The third-order valence-electron chi connectivity index (χ3n) is 3.34. The lowest BCUT2D eigenvalue weighted by Crippen LogP contribution is -2.04. The third-order valence-corrected chi connectivity index (χ3v) is 3.34.